The van der Waals surface area contributed by atoms with Gasteiger partial charge in [0.15, 0.2) is 0 Å². The van der Waals surface area contributed by atoms with Gasteiger partial charge in [-0.1, -0.05) is 63.9 Å². The van der Waals surface area contributed by atoms with Crippen LogP contribution in [0.25, 0.3) is 11.1 Å². The lowest BCUT2D eigenvalue weighted by molar-refractivity contribution is 0.426. The lowest BCUT2D eigenvalue weighted by Crippen LogP contribution is -2.31. The zero-order valence-corrected chi connectivity index (χ0v) is 11.1. The van der Waals surface area contributed by atoms with Gasteiger partial charge in [-0.15, -0.1) is 0 Å². The second-order valence-corrected chi connectivity index (χ2v) is 4.80. The van der Waals surface area contributed by atoms with E-state index in [1.54, 1.807) is 12.1 Å². The summed E-state index contributed by atoms with van der Waals surface area (Å²) in [5.41, 5.74) is 1.98. The molecule has 2 nitrogen and oxygen atoms in total. The fourth-order valence-corrected chi connectivity index (χ4v) is 2.68. The van der Waals surface area contributed by atoms with Crippen molar-refractivity contribution in [3.05, 3.63) is 52.0 Å². The largest absolute Gasteiger partial charge is 0.489 e. The third-order valence-electron chi connectivity index (χ3n) is 2.46. The summed E-state index contributed by atoms with van der Waals surface area (Å²) in [7, 11) is -1.57. The van der Waals surface area contributed by atoms with Crippen LogP contribution in [-0.2, 0) is 0 Å². The SMILES string of the molecule is OB(O)c1ccc(Br)c(-c2ccccc2)c1Cl. The molecule has 0 spiro atoms. The van der Waals surface area contributed by atoms with Crippen molar-refractivity contribution >= 4 is 40.1 Å². The molecule has 0 fully saturated rings. The van der Waals surface area contributed by atoms with Crippen LogP contribution in [0.15, 0.2) is 46.9 Å². The van der Waals surface area contributed by atoms with Gasteiger partial charge in [0.05, 0.1) is 0 Å². The molecule has 0 unspecified atom stereocenters. The molecule has 0 aliphatic heterocycles. The van der Waals surface area contributed by atoms with Crippen LogP contribution >= 0.6 is 27.5 Å². The Morgan fingerprint density at radius 2 is 1.65 bits per heavy atom. The molecule has 0 heterocycles. The number of hydrogen-bond acceptors (Lipinski definition) is 2. The standard InChI is InChI=1S/C12H9BBrClO2/c14-10-7-6-9(13(16)17)12(15)11(10)8-4-2-1-3-5-8/h1-7,16-17H. The number of hydrogen-bond donors (Lipinski definition) is 2. The van der Waals surface area contributed by atoms with E-state index in [4.69, 9.17) is 11.6 Å². The average Bonchev–Trinajstić information content (AvgIpc) is 2.30. The van der Waals surface area contributed by atoms with Crippen molar-refractivity contribution in [2.24, 2.45) is 0 Å². The van der Waals surface area contributed by atoms with Gasteiger partial charge in [-0.25, -0.2) is 0 Å². The quantitative estimate of drug-likeness (QED) is 0.837. The summed E-state index contributed by atoms with van der Waals surface area (Å²) in [5.74, 6) is 0. The van der Waals surface area contributed by atoms with Crippen LogP contribution < -0.4 is 5.46 Å². The van der Waals surface area contributed by atoms with Crippen LogP contribution in [-0.4, -0.2) is 17.2 Å². The van der Waals surface area contributed by atoms with Crippen LogP contribution in [0.5, 0.6) is 0 Å². The highest BCUT2D eigenvalue weighted by Gasteiger charge is 2.19. The molecule has 2 aromatic carbocycles. The smallest absolute Gasteiger partial charge is 0.423 e. The fraction of sp³-hybridized carbons (Fsp3) is 0. The third-order valence-corrected chi connectivity index (χ3v) is 3.53. The summed E-state index contributed by atoms with van der Waals surface area (Å²) < 4.78 is 0.818. The zero-order chi connectivity index (χ0) is 12.4. The lowest BCUT2D eigenvalue weighted by Gasteiger charge is -2.11. The molecule has 0 saturated heterocycles. The van der Waals surface area contributed by atoms with Crippen molar-refractivity contribution in [1.29, 1.82) is 0 Å². The van der Waals surface area contributed by atoms with Crippen molar-refractivity contribution in [2.75, 3.05) is 0 Å². The van der Waals surface area contributed by atoms with Gasteiger partial charge in [-0.2, -0.15) is 0 Å². The van der Waals surface area contributed by atoms with E-state index >= 15 is 0 Å². The molecule has 0 saturated carbocycles. The molecule has 2 N–H and O–H groups in total. The maximum atomic E-state index is 9.22. The number of rotatable bonds is 2. The summed E-state index contributed by atoms with van der Waals surface area (Å²) in [6.45, 7) is 0. The van der Waals surface area contributed by atoms with Crippen LogP contribution in [0.3, 0.4) is 0 Å². The highest BCUT2D eigenvalue weighted by molar-refractivity contribution is 9.10. The predicted octanol–water partition coefficient (Wildman–Crippen LogP) is 2.45. The van der Waals surface area contributed by atoms with Crippen molar-refractivity contribution in [1.82, 2.24) is 0 Å². The Hall–Kier alpha value is -0.805. The van der Waals surface area contributed by atoms with Gasteiger partial charge in [0.1, 0.15) is 0 Å². The molecule has 0 aliphatic rings. The minimum atomic E-state index is -1.57. The van der Waals surface area contributed by atoms with Gasteiger partial charge >= 0.3 is 7.12 Å². The Bertz CT molecular complexity index is 532. The van der Waals surface area contributed by atoms with E-state index < -0.39 is 7.12 Å². The number of benzene rings is 2. The molecular formula is C12H9BBrClO2. The summed E-state index contributed by atoms with van der Waals surface area (Å²) >= 11 is 9.61. The molecule has 0 aliphatic carbocycles. The second kappa shape index (κ2) is 5.23. The Balaban J connectivity index is 2.65. The maximum Gasteiger partial charge on any atom is 0.489 e. The molecule has 0 bridgehead atoms. The van der Waals surface area contributed by atoms with E-state index in [2.05, 4.69) is 15.9 Å². The van der Waals surface area contributed by atoms with E-state index in [9.17, 15) is 10.0 Å². The van der Waals surface area contributed by atoms with Crippen molar-refractivity contribution in [2.45, 2.75) is 0 Å². The first kappa shape index (κ1) is 12.6. The molecular weight excluding hydrogens is 302 g/mol. The van der Waals surface area contributed by atoms with Gasteiger partial charge in [-0.3, -0.25) is 0 Å². The second-order valence-electron chi connectivity index (χ2n) is 3.57. The van der Waals surface area contributed by atoms with Gasteiger partial charge in [0.25, 0.3) is 0 Å². The molecule has 17 heavy (non-hydrogen) atoms. The minimum absolute atomic E-state index is 0.300. The Kier molecular flexibility index (Phi) is 3.89. The summed E-state index contributed by atoms with van der Waals surface area (Å²) in [6.07, 6.45) is 0. The predicted molar refractivity (Wildman–Crippen MR) is 74.4 cm³/mol. The molecule has 86 valence electrons. The zero-order valence-electron chi connectivity index (χ0n) is 8.77. The first-order valence-electron chi connectivity index (χ1n) is 5.00. The van der Waals surface area contributed by atoms with Crippen LogP contribution in [0.1, 0.15) is 0 Å². The maximum absolute atomic E-state index is 9.22. The van der Waals surface area contributed by atoms with Gasteiger partial charge < -0.3 is 10.0 Å². The Labute approximate surface area is 113 Å². The van der Waals surface area contributed by atoms with Crippen LogP contribution in [0.4, 0.5) is 0 Å². The first-order chi connectivity index (χ1) is 8.11. The highest BCUT2D eigenvalue weighted by Crippen LogP contribution is 2.33. The molecule has 0 aromatic heterocycles. The molecule has 5 heteroatoms. The molecule has 2 rings (SSSR count). The molecule has 0 amide bonds. The molecule has 0 atom stereocenters. The van der Waals surface area contributed by atoms with E-state index in [1.165, 1.54) is 0 Å². The van der Waals surface area contributed by atoms with Crippen molar-refractivity contribution in [3.63, 3.8) is 0 Å². The Morgan fingerprint density at radius 1 is 1.00 bits per heavy atom. The van der Waals surface area contributed by atoms with Crippen LogP contribution in [0.2, 0.25) is 5.02 Å². The third kappa shape index (κ3) is 2.55. The van der Waals surface area contributed by atoms with Gasteiger partial charge in [0, 0.05) is 20.5 Å². The minimum Gasteiger partial charge on any atom is -0.423 e. The Morgan fingerprint density at radius 3 is 2.24 bits per heavy atom. The molecule has 0 radical (unpaired) electrons. The lowest BCUT2D eigenvalue weighted by atomic mass is 9.79. The summed E-state index contributed by atoms with van der Waals surface area (Å²) in [5, 5.41) is 18.8. The van der Waals surface area contributed by atoms with E-state index in [0.717, 1.165) is 15.6 Å². The van der Waals surface area contributed by atoms with E-state index in [0.29, 0.717) is 10.5 Å². The van der Waals surface area contributed by atoms with E-state index in [-0.39, 0.29) is 0 Å². The van der Waals surface area contributed by atoms with Gasteiger partial charge in [0.2, 0.25) is 0 Å². The van der Waals surface area contributed by atoms with E-state index in [1.807, 2.05) is 30.3 Å². The summed E-state index contributed by atoms with van der Waals surface area (Å²) in [6, 6.07) is 12.9. The van der Waals surface area contributed by atoms with Gasteiger partial charge in [-0.05, 0) is 11.6 Å². The highest BCUT2D eigenvalue weighted by atomic mass is 79.9. The topological polar surface area (TPSA) is 40.5 Å². The van der Waals surface area contributed by atoms with Crippen molar-refractivity contribution in [3.8, 4) is 11.1 Å². The average molecular weight is 311 g/mol. The van der Waals surface area contributed by atoms with Crippen molar-refractivity contribution < 1.29 is 10.0 Å². The fourth-order valence-electron chi connectivity index (χ4n) is 1.64. The number of halogens is 2. The van der Waals surface area contributed by atoms with Crippen LogP contribution in [0, 0.1) is 0 Å². The summed E-state index contributed by atoms with van der Waals surface area (Å²) in [4.78, 5) is 0. The normalized spacial score (nSPS) is 10.4. The monoisotopic (exact) mass is 310 g/mol. The molecule has 2 aromatic rings. The first-order valence-corrected chi connectivity index (χ1v) is 6.18.